The maximum atomic E-state index is 14.6. The molecule has 0 N–H and O–H groups in total. The molecule has 0 radical (unpaired) electrons. The predicted molar refractivity (Wildman–Crippen MR) is 115 cm³/mol. The van der Waals surface area contributed by atoms with Gasteiger partial charge in [-0.25, -0.2) is 4.39 Å². The average Bonchev–Trinajstić information content (AvgIpc) is 2.74. The second-order valence-corrected chi connectivity index (χ2v) is 8.51. The maximum absolute atomic E-state index is 14.6. The Labute approximate surface area is 170 Å². The molecule has 1 fully saturated rings. The molecule has 2 aromatic rings. The van der Waals surface area contributed by atoms with Gasteiger partial charge in [-0.2, -0.15) is 10.2 Å². The van der Waals surface area contributed by atoms with Gasteiger partial charge in [0, 0.05) is 5.56 Å². The van der Waals surface area contributed by atoms with Gasteiger partial charge in [-0.1, -0.05) is 70.9 Å². The van der Waals surface area contributed by atoms with Gasteiger partial charge in [0.2, 0.25) is 0 Å². The van der Waals surface area contributed by atoms with Crippen molar-refractivity contribution in [1.29, 1.82) is 0 Å². The van der Waals surface area contributed by atoms with E-state index in [2.05, 4.69) is 24.0 Å². The van der Waals surface area contributed by atoms with E-state index in [1.165, 1.54) is 44.9 Å². The SMILES string of the molecule is CCCCCc1ccc(-c2ccc(CCC3CCC(CC)CC3)c(F)c2)nn1. The number of hydrogen-bond acceptors (Lipinski definition) is 2. The van der Waals surface area contributed by atoms with Crippen molar-refractivity contribution in [3.8, 4) is 11.3 Å². The van der Waals surface area contributed by atoms with Crippen molar-refractivity contribution in [3.63, 3.8) is 0 Å². The summed E-state index contributed by atoms with van der Waals surface area (Å²) in [6.45, 7) is 4.50. The van der Waals surface area contributed by atoms with E-state index in [0.717, 1.165) is 60.0 Å². The molecule has 0 unspecified atom stereocenters. The second kappa shape index (κ2) is 10.7. The van der Waals surface area contributed by atoms with E-state index in [0.29, 0.717) is 0 Å². The van der Waals surface area contributed by atoms with E-state index in [1.54, 1.807) is 6.07 Å². The van der Waals surface area contributed by atoms with Crippen LogP contribution in [-0.4, -0.2) is 10.2 Å². The monoisotopic (exact) mass is 382 g/mol. The first kappa shape index (κ1) is 21.0. The summed E-state index contributed by atoms with van der Waals surface area (Å²) in [5.41, 5.74) is 3.43. The second-order valence-electron chi connectivity index (χ2n) is 8.51. The van der Waals surface area contributed by atoms with Crippen molar-refractivity contribution in [2.45, 2.75) is 84.5 Å². The quantitative estimate of drug-likeness (QED) is 0.430. The molecule has 0 amide bonds. The van der Waals surface area contributed by atoms with Gasteiger partial charge in [0.15, 0.2) is 0 Å². The fourth-order valence-corrected chi connectivity index (χ4v) is 4.40. The fraction of sp³-hybridized carbons (Fsp3) is 0.600. The maximum Gasteiger partial charge on any atom is 0.127 e. The number of aromatic nitrogens is 2. The largest absolute Gasteiger partial charge is 0.207 e. The van der Waals surface area contributed by atoms with Crippen LogP contribution in [0.25, 0.3) is 11.3 Å². The van der Waals surface area contributed by atoms with Gasteiger partial charge in [0.05, 0.1) is 11.4 Å². The van der Waals surface area contributed by atoms with Crippen molar-refractivity contribution < 1.29 is 4.39 Å². The van der Waals surface area contributed by atoms with Crippen LogP contribution in [-0.2, 0) is 12.8 Å². The summed E-state index contributed by atoms with van der Waals surface area (Å²) in [5.74, 6) is 1.59. The Hall–Kier alpha value is -1.77. The third-order valence-electron chi connectivity index (χ3n) is 6.47. The zero-order chi connectivity index (χ0) is 19.8. The lowest BCUT2D eigenvalue weighted by atomic mass is 9.78. The smallest absolute Gasteiger partial charge is 0.127 e. The number of halogens is 1. The zero-order valence-corrected chi connectivity index (χ0v) is 17.6. The molecule has 1 aromatic heterocycles. The first-order valence-corrected chi connectivity index (χ1v) is 11.3. The zero-order valence-electron chi connectivity index (χ0n) is 17.6. The molecule has 1 aliphatic carbocycles. The molecule has 28 heavy (non-hydrogen) atoms. The Kier molecular flexibility index (Phi) is 8.00. The Morgan fingerprint density at radius 1 is 0.893 bits per heavy atom. The molecule has 0 saturated heterocycles. The van der Waals surface area contributed by atoms with Crippen LogP contribution in [0.5, 0.6) is 0 Å². The molecule has 1 aliphatic rings. The highest BCUT2D eigenvalue weighted by Crippen LogP contribution is 2.33. The Balaban J connectivity index is 1.55. The van der Waals surface area contributed by atoms with Gasteiger partial charge in [-0.15, -0.1) is 0 Å². The molecular formula is C25H35FN2. The third-order valence-corrected chi connectivity index (χ3v) is 6.47. The summed E-state index contributed by atoms with van der Waals surface area (Å²) >= 11 is 0. The summed E-state index contributed by atoms with van der Waals surface area (Å²) in [4.78, 5) is 0. The standard InChI is InChI=1S/C25H35FN2/c1-3-5-6-7-23-16-17-25(28-27-23)22-15-14-21(24(26)18-22)13-12-20-10-8-19(4-2)9-11-20/h14-20H,3-13H2,1-2H3. The summed E-state index contributed by atoms with van der Waals surface area (Å²) in [6.07, 6.45) is 13.2. The van der Waals surface area contributed by atoms with E-state index in [9.17, 15) is 4.39 Å². The van der Waals surface area contributed by atoms with Crippen molar-refractivity contribution in [2.24, 2.45) is 11.8 Å². The lowest BCUT2D eigenvalue weighted by molar-refractivity contribution is 0.258. The molecule has 152 valence electrons. The molecule has 3 heteroatoms. The number of rotatable bonds is 9. The van der Waals surface area contributed by atoms with E-state index in [-0.39, 0.29) is 5.82 Å². The fourth-order valence-electron chi connectivity index (χ4n) is 4.40. The molecule has 0 spiro atoms. The molecule has 0 bridgehead atoms. The van der Waals surface area contributed by atoms with Gasteiger partial charge in [0.1, 0.15) is 5.82 Å². The summed E-state index contributed by atoms with van der Waals surface area (Å²) in [5, 5.41) is 8.63. The van der Waals surface area contributed by atoms with Crippen LogP contribution in [0.1, 0.15) is 82.9 Å². The van der Waals surface area contributed by atoms with Crippen LogP contribution in [0.4, 0.5) is 4.39 Å². The van der Waals surface area contributed by atoms with Crippen LogP contribution < -0.4 is 0 Å². The first-order valence-electron chi connectivity index (χ1n) is 11.3. The van der Waals surface area contributed by atoms with E-state index in [4.69, 9.17) is 0 Å². The summed E-state index contributed by atoms with van der Waals surface area (Å²) < 4.78 is 14.6. The number of aryl methyl sites for hydroxylation is 2. The van der Waals surface area contributed by atoms with Gasteiger partial charge < -0.3 is 0 Å². The van der Waals surface area contributed by atoms with Crippen molar-refractivity contribution in [1.82, 2.24) is 10.2 Å². The lowest BCUT2D eigenvalue weighted by Crippen LogP contribution is -2.14. The highest BCUT2D eigenvalue weighted by atomic mass is 19.1. The molecule has 3 rings (SSSR count). The molecular weight excluding hydrogens is 347 g/mol. The Morgan fingerprint density at radius 3 is 2.32 bits per heavy atom. The van der Waals surface area contributed by atoms with Gasteiger partial charge in [0.25, 0.3) is 0 Å². The van der Waals surface area contributed by atoms with Crippen molar-refractivity contribution in [2.75, 3.05) is 0 Å². The minimum absolute atomic E-state index is 0.103. The van der Waals surface area contributed by atoms with Gasteiger partial charge in [-0.05, 0) is 61.3 Å². The predicted octanol–water partition coefficient (Wildman–Crippen LogP) is 7.16. The number of unbranched alkanes of at least 4 members (excludes halogenated alkanes) is 2. The molecule has 1 aromatic carbocycles. The van der Waals surface area contributed by atoms with E-state index >= 15 is 0 Å². The minimum atomic E-state index is -0.103. The van der Waals surface area contributed by atoms with Crippen LogP contribution in [0.3, 0.4) is 0 Å². The van der Waals surface area contributed by atoms with Gasteiger partial charge in [-0.3, -0.25) is 0 Å². The van der Waals surface area contributed by atoms with Crippen LogP contribution in [0.15, 0.2) is 30.3 Å². The number of nitrogens with zero attached hydrogens (tertiary/aromatic N) is 2. The molecule has 1 heterocycles. The van der Waals surface area contributed by atoms with E-state index in [1.807, 2.05) is 24.3 Å². The van der Waals surface area contributed by atoms with Crippen LogP contribution in [0.2, 0.25) is 0 Å². The third kappa shape index (κ3) is 5.86. The summed E-state index contributed by atoms with van der Waals surface area (Å²) in [7, 11) is 0. The van der Waals surface area contributed by atoms with Gasteiger partial charge >= 0.3 is 0 Å². The molecule has 1 saturated carbocycles. The first-order chi connectivity index (χ1) is 13.7. The summed E-state index contributed by atoms with van der Waals surface area (Å²) in [6, 6.07) is 9.56. The average molecular weight is 383 g/mol. The highest BCUT2D eigenvalue weighted by Gasteiger charge is 2.20. The Morgan fingerprint density at radius 2 is 1.68 bits per heavy atom. The van der Waals surface area contributed by atoms with Crippen molar-refractivity contribution in [3.05, 3.63) is 47.4 Å². The number of benzene rings is 1. The lowest BCUT2D eigenvalue weighted by Gasteiger charge is -2.27. The minimum Gasteiger partial charge on any atom is -0.207 e. The van der Waals surface area contributed by atoms with E-state index < -0.39 is 0 Å². The van der Waals surface area contributed by atoms with Crippen LogP contribution >= 0.6 is 0 Å². The van der Waals surface area contributed by atoms with Crippen molar-refractivity contribution >= 4 is 0 Å². The molecule has 2 nitrogen and oxygen atoms in total. The molecule has 0 atom stereocenters. The molecule has 0 aliphatic heterocycles. The topological polar surface area (TPSA) is 25.8 Å². The highest BCUT2D eigenvalue weighted by molar-refractivity contribution is 5.59. The Bertz CT molecular complexity index is 718. The van der Waals surface area contributed by atoms with Crippen LogP contribution in [0, 0.1) is 17.7 Å². The number of hydrogen-bond donors (Lipinski definition) is 0. The normalized spacial score (nSPS) is 19.7.